The van der Waals surface area contributed by atoms with Crippen LogP contribution in [0, 0.1) is 10.1 Å². The van der Waals surface area contributed by atoms with Crippen LogP contribution in [0.3, 0.4) is 0 Å². The van der Waals surface area contributed by atoms with E-state index in [0.717, 1.165) is 0 Å². The smallest absolute Gasteiger partial charge is 0.276 e. The molecule has 1 aromatic rings. The summed E-state index contributed by atoms with van der Waals surface area (Å²) in [7, 11) is 1.45. The first kappa shape index (κ1) is 11.5. The number of nitro groups is 1. The van der Waals surface area contributed by atoms with Crippen molar-refractivity contribution in [1.82, 2.24) is 0 Å². The second kappa shape index (κ2) is 4.75. The third-order valence-electron chi connectivity index (χ3n) is 2.00. The summed E-state index contributed by atoms with van der Waals surface area (Å²) >= 11 is 0. The SMILES string of the molecule is COc1ccc(CC(C)O)c([N+](=O)[O-])c1. The molecule has 0 heterocycles. The molecule has 82 valence electrons. The van der Waals surface area contributed by atoms with Gasteiger partial charge in [0.2, 0.25) is 0 Å². The Balaban J connectivity index is 3.09. The molecule has 0 aliphatic rings. The molecule has 0 saturated carbocycles. The van der Waals surface area contributed by atoms with Crippen molar-refractivity contribution in [2.45, 2.75) is 19.4 Å². The number of aliphatic hydroxyl groups excluding tert-OH is 1. The summed E-state index contributed by atoms with van der Waals surface area (Å²) in [4.78, 5) is 10.3. The molecule has 1 unspecified atom stereocenters. The van der Waals surface area contributed by atoms with E-state index in [1.54, 1.807) is 19.1 Å². The van der Waals surface area contributed by atoms with Gasteiger partial charge in [-0.15, -0.1) is 0 Å². The molecule has 0 aromatic heterocycles. The number of hydrogen-bond donors (Lipinski definition) is 1. The second-order valence-corrected chi connectivity index (χ2v) is 3.30. The molecule has 1 atom stereocenters. The summed E-state index contributed by atoms with van der Waals surface area (Å²) in [5, 5.41) is 19.9. The largest absolute Gasteiger partial charge is 0.497 e. The van der Waals surface area contributed by atoms with E-state index in [-0.39, 0.29) is 12.1 Å². The Labute approximate surface area is 87.5 Å². The van der Waals surface area contributed by atoms with Gasteiger partial charge in [0.1, 0.15) is 5.75 Å². The number of nitro benzene ring substituents is 1. The Hall–Kier alpha value is -1.62. The molecule has 0 bridgehead atoms. The molecule has 0 aliphatic carbocycles. The third kappa shape index (κ3) is 2.92. The van der Waals surface area contributed by atoms with Gasteiger partial charge in [-0.2, -0.15) is 0 Å². The number of ether oxygens (including phenoxy) is 1. The van der Waals surface area contributed by atoms with Crippen molar-refractivity contribution in [2.75, 3.05) is 7.11 Å². The van der Waals surface area contributed by atoms with E-state index in [1.165, 1.54) is 13.2 Å². The maximum absolute atomic E-state index is 10.7. The Morgan fingerprint density at radius 2 is 2.27 bits per heavy atom. The highest BCUT2D eigenvalue weighted by molar-refractivity contribution is 5.46. The molecular formula is C10H13NO4. The predicted octanol–water partition coefficient (Wildman–Crippen LogP) is 1.53. The molecule has 0 radical (unpaired) electrons. The van der Waals surface area contributed by atoms with Crippen LogP contribution >= 0.6 is 0 Å². The maximum Gasteiger partial charge on any atom is 0.276 e. The molecule has 15 heavy (non-hydrogen) atoms. The topological polar surface area (TPSA) is 72.6 Å². The summed E-state index contributed by atoms with van der Waals surface area (Å²) in [6, 6.07) is 4.60. The van der Waals surface area contributed by atoms with Crippen molar-refractivity contribution in [2.24, 2.45) is 0 Å². The molecule has 0 saturated heterocycles. The van der Waals surface area contributed by atoms with Crippen molar-refractivity contribution >= 4 is 5.69 Å². The highest BCUT2D eigenvalue weighted by Crippen LogP contribution is 2.25. The first-order valence-corrected chi connectivity index (χ1v) is 4.54. The van der Waals surface area contributed by atoms with Crippen molar-refractivity contribution in [3.63, 3.8) is 0 Å². The lowest BCUT2D eigenvalue weighted by atomic mass is 10.1. The first-order valence-electron chi connectivity index (χ1n) is 4.54. The average molecular weight is 211 g/mol. The number of rotatable bonds is 4. The number of benzene rings is 1. The van der Waals surface area contributed by atoms with Crippen LogP contribution in [-0.4, -0.2) is 23.2 Å². The lowest BCUT2D eigenvalue weighted by Gasteiger charge is -2.06. The minimum Gasteiger partial charge on any atom is -0.497 e. The minimum absolute atomic E-state index is 0.0183. The van der Waals surface area contributed by atoms with Crippen molar-refractivity contribution in [1.29, 1.82) is 0 Å². The van der Waals surface area contributed by atoms with Crippen LogP contribution in [0.4, 0.5) is 5.69 Å². The maximum atomic E-state index is 10.7. The zero-order chi connectivity index (χ0) is 11.4. The van der Waals surface area contributed by atoms with Gasteiger partial charge in [0.05, 0.1) is 24.2 Å². The molecule has 0 aliphatic heterocycles. The van der Waals surface area contributed by atoms with Gasteiger partial charge in [0, 0.05) is 12.0 Å². The van der Waals surface area contributed by atoms with Gasteiger partial charge in [-0.1, -0.05) is 0 Å². The van der Waals surface area contributed by atoms with Crippen molar-refractivity contribution in [3.8, 4) is 5.75 Å². The highest BCUT2D eigenvalue weighted by Gasteiger charge is 2.16. The first-order chi connectivity index (χ1) is 7.04. The number of methoxy groups -OCH3 is 1. The summed E-state index contributed by atoms with van der Waals surface area (Å²) in [5.74, 6) is 0.441. The molecule has 1 N–H and O–H groups in total. The van der Waals surface area contributed by atoms with E-state index in [4.69, 9.17) is 4.74 Å². The van der Waals surface area contributed by atoms with Gasteiger partial charge in [0.15, 0.2) is 0 Å². The third-order valence-corrected chi connectivity index (χ3v) is 2.00. The molecule has 5 heteroatoms. The normalized spacial score (nSPS) is 12.2. The van der Waals surface area contributed by atoms with Gasteiger partial charge < -0.3 is 9.84 Å². The second-order valence-electron chi connectivity index (χ2n) is 3.30. The average Bonchev–Trinajstić information content (AvgIpc) is 2.17. The fourth-order valence-corrected chi connectivity index (χ4v) is 1.33. The quantitative estimate of drug-likeness (QED) is 0.605. The van der Waals surface area contributed by atoms with E-state index < -0.39 is 11.0 Å². The number of nitrogens with zero attached hydrogens (tertiary/aromatic N) is 1. The van der Waals surface area contributed by atoms with Crippen LogP contribution in [0.5, 0.6) is 5.75 Å². The number of aliphatic hydroxyl groups is 1. The Kier molecular flexibility index (Phi) is 3.62. The molecule has 0 fully saturated rings. The molecule has 1 aromatic carbocycles. The van der Waals surface area contributed by atoms with E-state index in [1.807, 2.05) is 0 Å². The monoisotopic (exact) mass is 211 g/mol. The molecule has 0 amide bonds. The lowest BCUT2D eigenvalue weighted by molar-refractivity contribution is -0.385. The molecule has 0 spiro atoms. The van der Waals surface area contributed by atoms with Gasteiger partial charge in [-0.25, -0.2) is 0 Å². The van der Waals surface area contributed by atoms with Crippen LogP contribution in [0.15, 0.2) is 18.2 Å². The van der Waals surface area contributed by atoms with E-state index in [0.29, 0.717) is 11.3 Å². The summed E-state index contributed by atoms with van der Waals surface area (Å²) in [6.07, 6.45) is -0.336. The van der Waals surface area contributed by atoms with Gasteiger partial charge in [-0.05, 0) is 19.1 Å². The van der Waals surface area contributed by atoms with E-state index >= 15 is 0 Å². The summed E-state index contributed by atoms with van der Waals surface area (Å²) < 4.78 is 4.90. The van der Waals surface area contributed by atoms with Crippen LogP contribution < -0.4 is 4.74 Å². The zero-order valence-electron chi connectivity index (χ0n) is 8.64. The van der Waals surface area contributed by atoms with Crippen LogP contribution in [0.25, 0.3) is 0 Å². The Morgan fingerprint density at radius 1 is 1.60 bits per heavy atom. The number of hydrogen-bond acceptors (Lipinski definition) is 4. The molecule has 5 nitrogen and oxygen atoms in total. The van der Waals surface area contributed by atoms with Crippen molar-refractivity contribution in [3.05, 3.63) is 33.9 Å². The lowest BCUT2D eigenvalue weighted by Crippen LogP contribution is -2.06. The van der Waals surface area contributed by atoms with Gasteiger partial charge in [-0.3, -0.25) is 10.1 Å². The Bertz CT molecular complexity index is 362. The van der Waals surface area contributed by atoms with Gasteiger partial charge >= 0.3 is 0 Å². The predicted molar refractivity (Wildman–Crippen MR) is 55.0 cm³/mol. The summed E-state index contributed by atoms with van der Waals surface area (Å²) in [6.45, 7) is 1.59. The van der Waals surface area contributed by atoms with Crippen LogP contribution in [-0.2, 0) is 6.42 Å². The van der Waals surface area contributed by atoms with E-state index in [9.17, 15) is 15.2 Å². The highest BCUT2D eigenvalue weighted by atomic mass is 16.6. The Morgan fingerprint density at radius 3 is 2.73 bits per heavy atom. The van der Waals surface area contributed by atoms with Crippen molar-refractivity contribution < 1.29 is 14.8 Å². The fourth-order valence-electron chi connectivity index (χ4n) is 1.33. The van der Waals surface area contributed by atoms with Crippen LogP contribution in [0.1, 0.15) is 12.5 Å². The molecular weight excluding hydrogens is 198 g/mol. The fraction of sp³-hybridized carbons (Fsp3) is 0.400. The molecule has 1 rings (SSSR count). The minimum atomic E-state index is -0.600. The van der Waals surface area contributed by atoms with Crippen LogP contribution in [0.2, 0.25) is 0 Å². The zero-order valence-corrected chi connectivity index (χ0v) is 8.64. The van der Waals surface area contributed by atoms with Gasteiger partial charge in [0.25, 0.3) is 5.69 Å². The van der Waals surface area contributed by atoms with E-state index in [2.05, 4.69) is 0 Å². The summed E-state index contributed by atoms with van der Waals surface area (Å²) in [5.41, 5.74) is 0.492. The standard InChI is InChI=1S/C10H13NO4/c1-7(12)5-8-3-4-9(15-2)6-10(8)11(13)14/h3-4,6-7,12H,5H2,1-2H3.